The predicted octanol–water partition coefficient (Wildman–Crippen LogP) is 5.95. The van der Waals surface area contributed by atoms with Gasteiger partial charge in [0.1, 0.15) is 0 Å². The molecule has 2 heteroatoms. The molecule has 0 bridgehead atoms. The van der Waals surface area contributed by atoms with E-state index in [0.717, 1.165) is 32.3 Å². The molecular formula is C20H34O2. The SMILES string of the molecule is CC(C)=CCC/C(C)=C\CC/C(C)=C\COC1CCCCO1. The third-order valence-electron chi connectivity index (χ3n) is 3.97. The maximum atomic E-state index is 5.74. The second kappa shape index (κ2) is 11.7. The summed E-state index contributed by atoms with van der Waals surface area (Å²) < 4.78 is 11.3. The molecule has 22 heavy (non-hydrogen) atoms. The zero-order chi connectivity index (χ0) is 16.2. The number of allylic oxidation sites excluding steroid dienone is 5. The molecule has 0 aromatic rings. The van der Waals surface area contributed by atoms with E-state index in [1.54, 1.807) is 0 Å². The number of hydrogen-bond acceptors (Lipinski definition) is 2. The van der Waals surface area contributed by atoms with Crippen LogP contribution >= 0.6 is 0 Å². The van der Waals surface area contributed by atoms with Gasteiger partial charge in [0.2, 0.25) is 0 Å². The molecule has 0 amide bonds. The van der Waals surface area contributed by atoms with Gasteiger partial charge in [-0.2, -0.15) is 0 Å². The van der Waals surface area contributed by atoms with E-state index < -0.39 is 0 Å². The van der Waals surface area contributed by atoms with Crippen molar-refractivity contribution >= 4 is 0 Å². The van der Waals surface area contributed by atoms with Crippen molar-refractivity contribution in [1.82, 2.24) is 0 Å². The van der Waals surface area contributed by atoms with Gasteiger partial charge in [0.15, 0.2) is 6.29 Å². The fourth-order valence-electron chi connectivity index (χ4n) is 2.48. The lowest BCUT2D eigenvalue weighted by molar-refractivity contribution is -0.155. The molecule has 0 radical (unpaired) electrons. The molecule has 126 valence electrons. The van der Waals surface area contributed by atoms with Crippen LogP contribution in [0.4, 0.5) is 0 Å². The van der Waals surface area contributed by atoms with Crippen molar-refractivity contribution in [3.05, 3.63) is 34.9 Å². The van der Waals surface area contributed by atoms with Gasteiger partial charge in [-0.1, -0.05) is 34.9 Å². The zero-order valence-electron chi connectivity index (χ0n) is 15.0. The summed E-state index contributed by atoms with van der Waals surface area (Å²) in [6, 6.07) is 0. The third kappa shape index (κ3) is 9.97. The Labute approximate surface area is 137 Å². The number of rotatable bonds is 9. The summed E-state index contributed by atoms with van der Waals surface area (Å²) in [4.78, 5) is 0. The Morgan fingerprint density at radius 3 is 2.27 bits per heavy atom. The quantitative estimate of drug-likeness (QED) is 0.490. The van der Waals surface area contributed by atoms with Gasteiger partial charge in [0, 0.05) is 6.61 Å². The third-order valence-corrected chi connectivity index (χ3v) is 3.97. The molecule has 1 saturated heterocycles. The molecule has 1 unspecified atom stereocenters. The summed E-state index contributed by atoms with van der Waals surface area (Å²) >= 11 is 0. The van der Waals surface area contributed by atoms with Crippen LogP contribution in [0, 0.1) is 0 Å². The number of hydrogen-bond donors (Lipinski definition) is 0. The van der Waals surface area contributed by atoms with Gasteiger partial charge in [-0.25, -0.2) is 0 Å². The molecule has 0 aromatic carbocycles. The van der Waals surface area contributed by atoms with Crippen LogP contribution in [-0.4, -0.2) is 19.5 Å². The molecule has 0 aliphatic carbocycles. The maximum Gasteiger partial charge on any atom is 0.157 e. The van der Waals surface area contributed by atoms with Crippen molar-refractivity contribution in [1.29, 1.82) is 0 Å². The molecule has 2 nitrogen and oxygen atoms in total. The first-order valence-electron chi connectivity index (χ1n) is 8.75. The highest BCUT2D eigenvalue weighted by molar-refractivity contribution is 5.05. The second-order valence-corrected chi connectivity index (χ2v) is 6.59. The van der Waals surface area contributed by atoms with E-state index in [0.29, 0.717) is 6.61 Å². The van der Waals surface area contributed by atoms with Gasteiger partial charge in [-0.3, -0.25) is 0 Å². The molecule has 0 spiro atoms. The van der Waals surface area contributed by atoms with E-state index in [4.69, 9.17) is 9.47 Å². The summed E-state index contributed by atoms with van der Waals surface area (Å²) in [6.45, 7) is 10.3. The Balaban J connectivity index is 2.14. The lowest BCUT2D eigenvalue weighted by Gasteiger charge is -2.22. The van der Waals surface area contributed by atoms with Gasteiger partial charge in [0.25, 0.3) is 0 Å². The molecule has 0 aromatic heterocycles. The molecular weight excluding hydrogens is 272 g/mol. The molecule has 1 aliphatic heterocycles. The molecule has 0 saturated carbocycles. The molecule has 1 atom stereocenters. The topological polar surface area (TPSA) is 18.5 Å². The van der Waals surface area contributed by atoms with Crippen LogP contribution < -0.4 is 0 Å². The highest BCUT2D eigenvalue weighted by Crippen LogP contribution is 2.14. The molecule has 1 rings (SSSR count). The molecule has 1 aliphatic rings. The number of ether oxygens (including phenoxy) is 2. The van der Waals surface area contributed by atoms with Crippen LogP contribution in [0.25, 0.3) is 0 Å². The smallest absolute Gasteiger partial charge is 0.157 e. The fraction of sp³-hybridized carbons (Fsp3) is 0.700. The van der Waals surface area contributed by atoms with Crippen LogP contribution in [0.3, 0.4) is 0 Å². The van der Waals surface area contributed by atoms with E-state index >= 15 is 0 Å². The largest absolute Gasteiger partial charge is 0.353 e. The van der Waals surface area contributed by atoms with E-state index in [-0.39, 0.29) is 6.29 Å². The minimum absolute atomic E-state index is 0.0232. The normalized spacial score (nSPS) is 20.1. The zero-order valence-corrected chi connectivity index (χ0v) is 15.0. The summed E-state index contributed by atoms with van der Waals surface area (Å²) in [5.41, 5.74) is 4.31. The van der Waals surface area contributed by atoms with Crippen LogP contribution in [-0.2, 0) is 9.47 Å². The van der Waals surface area contributed by atoms with Gasteiger partial charge in [0.05, 0.1) is 6.61 Å². The average molecular weight is 306 g/mol. The predicted molar refractivity (Wildman–Crippen MR) is 95.0 cm³/mol. The van der Waals surface area contributed by atoms with E-state index in [1.807, 2.05) is 0 Å². The highest BCUT2D eigenvalue weighted by Gasteiger charge is 2.12. The summed E-state index contributed by atoms with van der Waals surface area (Å²) in [7, 11) is 0. The van der Waals surface area contributed by atoms with Crippen molar-refractivity contribution in [2.75, 3.05) is 13.2 Å². The summed E-state index contributed by atoms with van der Waals surface area (Å²) in [5.74, 6) is 0. The van der Waals surface area contributed by atoms with Gasteiger partial charge in [-0.15, -0.1) is 0 Å². The Morgan fingerprint density at radius 2 is 1.64 bits per heavy atom. The maximum absolute atomic E-state index is 5.74. The Bertz CT molecular complexity index is 381. The first-order chi connectivity index (χ1) is 10.6. The second-order valence-electron chi connectivity index (χ2n) is 6.59. The standard InChI is InChI=1S/C20H34O2/c1-17(2)9-7-10-18(3)11-8-12-19(4)14-16-22-20-13-5-6-15-21-20/h9,11,14,20H,5-8,10,12-13,15-16H2,1-4H3/b18-11-,19-14-. The van der Waals surface area contributed by atoms with E-state index in [2.05, 4.69) is 45.9 Å². The molecule has 1 fully saturated rings. The minimum atomic E-state index is 0.0232. The van der Waals surface area contributed by atoms with E-state index in [1.165, 1.54) is 36.0 Å². The van der Waals surface area contributed by atoms with Gasteiger partial charge >= 0.3 is 0 Å². The van der Waals surface area contributed by atoms with Crippen molar-refractivity contribution in [3.8, 4) is 0 Å². The summed E-state index contributed by atoms with van der Waals surface area (Å²) in [6.07, 6.45) is 14.9. The molecule has 1 heterocycles. The van der Waals surface area contributed by atoms with Crippen molar-refractivity contribution in [3.63, 3.8) is 0 Å². The first kappa shape index (κ1) is 19.2. The Hall–Kier alpha value is -0.860. The average Bonchev–Trinajstić information content (AvgIpc) is 2.48. The molecule has 0 N–H and O–H groups in total. The van der Waals surface area contributed by atoms with Crippen LogP contribution in [0.5, 0.6) is 0 Å². The highest BCUT2D eigenvalue weighted by atomic mass is 16.7. The summed E-state index contributed by atoms with van der Waals surface area (Å²) in [5, 5.41) is 0. The van der Waals surface area contributed by atoms with Crippen molar-refractivity contribution in [2.24, 2.45) is 0 Å². The van der Waals surface area contributed by atoms with E-state index in [9.17, 15) is 0 Å². The monoisotopic (exact) mass is 306 g/mol. The first-order valence-corrected chi connectivity index (χ1v) is 8.75. The van der Waals surface area contributed by atoms with Crippen LogP contribution in [0.2, 0.25) is 0 Å². The van der Waals surface area contributed by atoms with Crippen molar-refractivity contribution < 1.29 is 9.47 Å². The van der Waals surface area contributed by atoms with Gasteiger partial charge in [-0.05, 0) is 72.6 Å². The fourth-order valence-corrected chi connectivity index (χ4v) is 2.48. The van der Waals surface area contributed by atoms with Crippen molar-refractivity contribution in [2.45, 2.75) is 78.9 Å². The van der Waals surface area contributed by atoms with Gasteiger partial charge < -0.3 is 9.47 Å². The lowest BCUT2D eigenvalue weighted by atomic mass is 10.1. The Kier molecular flexibility index (Phi) is 10.2. The Morgan fingerprint density at radius 1 is 0.955 bits per heavy atom. The lowest BCUT2D eigenvalue weighted by Crippen LogP contribution is -2.22. The van der Waals surface area contributed by atoms with Crippen LogP contribution in [0.1, 0.15) is 72.6 Å². The minimum Gasteiger partial charge on any atom is -0.353 e. The van der Waals surface area contributed by atoms with Crippen LogP contribution in [0.15, 0.2) is 34.9 Å².